The summed E-state index contributed by atoms with van der Waals surface area (Å²) in [6, 6.07) is 13.5. The number of rotatable bonds is 7. The van der Waals surface area contributed by atoms with Gasteiger partial charge in [0, 0.05) is 18.7 Å². The second-order valence-electron chi connectivity index (χ2n) is 6.99. The van der Waals surface area contributed by atoms with E-state index in [-0.39, 0.29) is 16.8 Å². The van der Waals surface area contributed by atoms with Crippen molar-refractivity contribution in [3.05, 3.63) is 59.7 Å². The third-order valence-electron chi connectivity index (χ3n) is 4.68. The van der Waals surface area contributed by atoms with Crippen LogP contribution in [0.25, 0.3) is 0 Å². The van der Waals surface area contributed by atoms with Gasteiger partial charge in [-0.15, -0.1) is 0 Å². The van der Waals surface area contributed by atoms with Crippen LogP contribution < -0.4 is 10.1 Å². The fraction of sp³-hybridized carbons (Fsp3) is 0.381. The van der Waals surface area contributed by atoms with Crippen molar-refractivity contribution in [3.63, 3.8) is 0 Å². The first-order valence-electron chi connectivity index (χ1n) is 9.55. The van der Waals surface area contributed by atoms with Crippen LogP contribution in [0.15, 0.2) is 53.4 Å². The lowest BCUT2D eigenvalue weighted by atomic mass is 10.2. The van der Waals surface area contributed by atoms with Crippen LogP contribution in [0.5, 0.6) is 5.75 Å². The number of carbonyl (C=O) groups is 1. The summed E-state index contributed by atoms with van der Waals surface area (Å²) in [7, 11) is -3.57. The molecule has 0 bridgehead atoms. The molecule has 0 saturated carbocycles. The lowest BCUT2D eigenvalue weighted by Crippen LogP contribution is -2.40. The molecule has 1 aliphatic heterocycles. The van der Waals surface area contributed by atoms with Crippen LogP contribution >= 0.6 is 0 Å². The third kappa shape index (κ3) is 5.35. The van der Waals surface area contributed by atoms with Crippen molar-refractivity contribution in [1.82, 2.24) is 9.62 Å². The molecule has 1 fully saturated rings. The molecule has 1 atom stereocenters. The van der Waals surface area contributed by atoms with E-state index >= 15 is 0 Å². The SMILES string of the molecule is Cc1ccccc1OCC(C)NC(=O)c1ccc(S(=O)(=O)N2CCOCC2)cc1. The monoisotopic (exact) mass is 418 g/mol. The molecule has 29 heavy (non-hydrogen) atoms. The molecule has 1 aliphatic rings. The number of aryl methyl sites for hydroxylation is 1. The van der Waals surface area contributed by atoms with Crippen LogP contribution in [0, 0.1) is 6.92 Å². The molecule has 1 saturated heterocycles. The van der Waals surface area contributed by atoms with Crippen molar-refractivity contribution >= 4 is 15.9 Å². The first kappa shape index (κ1) is 21.3. The standard InChI is InChI=1S/C21H26N2O5S/c1-16-5-3-4-6-20(16)28-15-17(2)22-21(24)18-7-9-19(10-8-18)29(25,26)23-11-13-27-14-12-23/h3-10,17H,11-15H2,1-2H3,(H,22,24). The van der Waals surface area contributed by atoms with Crippen molar-refractivity contribution < 1.29 is 22.7 Å². The first-order valence-corrected chi connectivity index (χ1v) is 11.0. The highest BCUT2D eigenvalue weighted by atomic mass is 32.2. The lowest BCUT2D eigenvalue weighted by molar-refractivity contribution is 0.0730. The Bertz CT molecular complexity index is 938. The van der Waals surface area contributed by atoms with Gasteiger partial charge in [0.2, 0.25) is 10.0 Å². The maximum Gasteiger partial charge on any atom is 0.251 e. The molecule has 2 aromatic rings. The van der Waals surface area contributed by atoms with Crippen molar-refractivity contribution in [2.75, 3.05) is 32.9 Å². The minimum atomic E-state index is -3.57. The summed E-state index contributed by atoms with van der Waals surface area (Å²) in [5.74, 6) is 0.507. The maximum atomic E-state index is 12.6. The van der Waals surface area contributed by atoms with Gasteiger partial charge in [-0.2, -0.15) is 4.31 Å². The molecular formula is C21H26N2O5S. The predicted octanol–water partition coefficient (Wildman–Crippen LogP) is 2.21. The van der Waals surface area contributed by atoms with Crippen LogP contribution in [0.3, 0.4) is 0 Å². The van der Waals surface area contributed by atoms with Gasteiger partial charge in [-0.25, -0.2) is 8.42 Å². The van der Waals surface area contributed by atoms with E-state index in [0.29, 0.717) is 38.5 Å². The number of hydrogen-bond donors (Lipinski definition) is 1. The molecule has 1 amide bonds. The highest BCUT2D eigenvalue weighted by Crippen LogP contribution is 2.18. The van der Waals surface area contributed by atoms with Gasteiger partial charge in [-0.1, -0.05) is 18.2 Å². The number of amides is 1. The summed E-state index contributed by atoms with van der Waals surface area (Å²) >= 11 is 0. The quantitative estimate of drug-likeness (QED) is 0.745. The Labute approximate surface area is 171 Å². The van der Waals surface area contributed by atoms with Gasteiger partial charge < -0.3 is 14.8 Å². The zero-order valence-corrected chi connectivity index (χ0v) is 17.4. The average molecular weight is 419 g/mol. The number of para-hydroxylation sites is 1. The number of benzene rings is 2. The van der Waals surface area contributed by atoms with Gasteiger partial charge >= 0.3 is 0 Å². The highest BCUT2D eigenvalue weighted by molar-refractivity contribution is 7.89. The summed E-state index contributed by atoms with van der Waals surface area (Å²) in [6.07, 6.45) is 0. The summed E-state index contributed by atoms with van der Waals surface area (Å²) in [6.45, 7) is 5.61. The number of ether oxygens (including phenoxy) is 2. The van der Waals surface area contributed by atoms with Crippen molar-refractivity contribution in [1.29, 1.82) is 0 Å². The molecule has 0 aromatic heterocycles. The van der Waals surface area contributed by atoms with Crippen LogP contribution in [0.4, 0.5) is 0 Å². The molecule has 156 valence electrons. The minimum Gasteiger partial charge on any atom is -0.491 e. The zero-order chi connectivity index (χ0) is 20.9. The van der Waals surface area contributed by atoms with Gasteiger partial charge in [0.05, 0.1) is 24.2 Å². The Morgan fingerprint density at radius 3 is 2.45 bits per heavy atom. The highest BCUT2D eigenvalue weighted by Gasteiger charge is 2.26. The molecular weight excluding hydrogens is 392 g/mol. The van der Waals surface area contributed by atoms with Crippen molar-refractivity contribution in [2.24, 2.45) is 0 Å². The molecule has 2 aromatic carbocycles. The lowest BCUT2D eigenvalue weighted by Gasteiger charge is -2.26. The molecule has 3 rings (SSSR count). The topological polar surface area (TPSA) is 84.9 Å². The van der Waals surface area contributed by atoms with Crippen LogP contribution in [0.1, 0.15) is 22.8 Å². The Hall–Kier alpha value is -2.42. The summed E-state index contributed by atoms with van der Waals surface area (Å²) in [5, 5.41) is 2.87. The fourth-order valence-corrected chi connectivity index (χ4v) is 4.40. The van der Waals surface area contributed by atoms with E-state index in [1.54, 1.807) is 0 Å². The van der Waals surface area contributed by atoms with Crippen LogP contribution in [0.2, 0.25) is 0 Å². The van der Waals surface area contributed by atoms with Gasteiger partial charge in [0.25, 0.3) is 5.91 Å². The Morgan fingerprint density at radius 2 is 1.79 bits per heavy atom. The number of carbonyl (C=O) groups excluding carboxylic acids is 1. The molecule has 8 heteroatoms. The van der Waals surface area contributed by atoms with Gasteiger partial charge in [0.1, 0.15) is 12.4 Å². The summed E-state index contributed by atoms with van der Waals surface area (Å²) in [5.41, 5.74) is 1.43. The second-order valence-corrected chi connectivity index (χ2v) is 8.93. The van der Waals surface area contributed by atoms with Crippen LogP contribution in [-0.4, -0.2) is 57.6 Å². The molecule has 0 spiro atoms. The fourth-order valence-electron chi connectivity index (χ4n) is 3.00. The van der Waals surface area contributed by atoms with E-state index in [1.165, 1.54) is 28.6 Å². The number of nitrogens with one attached hydrogen (secondary N) is 1. The van der Waals surface area contributed by atoms with Gasteiger partial charge in [-0.05, 0) is 49.7 Å². The number of morpholine rings is 1. The number of sulfonamides is 1. The minimum absolute atomic E-state index is 0.173. The average Bonchev–Trinajstić information content (AvgIpc) is 2.74. The molecule has 0 radical (unpaired) electrons. The summed E-state index contributed by atoms with van der Waals surface area (Å²) in [4.78, 5) is 12.6. The Morgan fingerprint density at radius 1 is 1.14 bits per heavy atom. The van der Waals surface area contributed by atoms with E-state index < -0.39 is 10.0 Å². The van der Waals surface area contributed by atoms with E-state index in [4.69, 9.17) is 9.47 Å². The summed E-state index contributed by atoms with van der Waals surface area (Å²) < 4.78 is 37.7. The molecule has 1 unspecified atom stereocenters. The largest absolute Gasteiger partial charge is 0.491 e. The third-order valence-corrected chi connectivity index (χ3v) is 6.60. The van der Waals surface area contributed by atoms with E-state index in [1.807, 2.05) is 38.1 Å². The molecule has 1 N–H and O–H groups in total. The van der Waals surface area contributed by atoms with Crippen molar-refractivity contribution in [2.45, 2.75) is 24.8 Å². The predicted molar refractivity (Wildman–Crippen MR) is 110 cm³/mol. The van der Waals surface area contributed by atoms with Gasteiger partial charge in [0.15, 0.2) is 0 Å². The van der Waals surface area contributed by atoms with Gasteiger partial charge in [-0.3, -0.25) is 4.79 Å². The smallest absolute Gasteiger partial charge is 0.251 e. The van der Waals surface area contributed by atoms with E-state index in [2.05, 4.69) is 5.32 Å². The van der Waals surface area contributed by atoms with E-state index in [0.717, 1.165) is 11.3 Å². The van der Waals surface area contributed by atoms with E-state index in [9.17, 15) is 13.2 Å². The molecule has 1 heterocycles. The normalized spacial score (nSPS) is 16.2. The first-order chi connectivity index (χ1) is 13.9. The molecule has 7 nitrogen and oxygen atoms in total. The molecule has 0 aliphatic carbocycles. The van der Waals surface area contributed by atoms with Crippen molar-refractivity contribution in [3.8, 4) is 5.75 Å². The zero-order valence-electron chi connectivity index (χ0n) is 16.6. The Kier molecular flexibility index (Phi) is 6.89. The Balaban J connectivity index is 1.57. The number of nitrogens with zero attached hydrogens (tertiary/aromatic N) is 1. The maximum absolute atomic E-state index is 12.6. The van der Waals surface area contributed by atoms with Crippen LogP contribution in [-0.2, 0) is 14.8 Å². The number of hydrogen-bond acceptors (Lipinski definition) is 5. The second kappa shape index (κ2) is 9.39.